The van der Waals surface area contributed by atoms with Crippen molar-refractivity contribution in [1.82, 2.24) is 0 Å². The topological polar surface area (TPSA) is 46.5 Å². The van der Waals surface area contributed by atoms with E-state index in [-0.39, 0.29) is 11.5 Å². The normalized spacial score (nSPS) is 11.1. The second kappa shape index (κ2) is 5.07. The van der Waals surface area contributed by atoms with Crippen LogP contribution in [0.5, 0.6) is 5.75 Å². The first kappa shape index (κ1) is 10.3. The van der Waals surface area contributed by atoms with E-state index in [9.17, 15) is 9.90 Å². The fourth-order valence-corrected chi connectivity index (χ4v) is 1.04. The van der Waals surface area contributed by atoms with Crippen LogP contribution in [0.3, 0.4) is 0 Å². The molecule has 0 radical (unpaired) electrons. The molecular weight excluding hydrogens is 180 g/mol. The molecular formula is C11H12O3. The second-order valence-corrected chi connectivity index (χ2v) is 2.66. The summed E-state index contributed by atoms with van der Waals surface area (Å²) in [5, 5.41) is 9.41. The van der Waals surface area contributed by atoms with Crippen molar-refractivity contribution < 1.29 is 14.6 Å². The van der Waals surface area contributed by atoms with Crippen molar-refractivity contribution in [2.75, 3.05) is 6.61 Å². The zero-order valence-electron chi connectivity index (χ0n) is 7.93. The lowest BCUT2D eigenvalue weighted by molar-refractivity contribution is -0.107. The van der Waals surface area contributed by atoms with Crippen molar-refractivity contribution in [3.05, 3.63) is 35.6 Å². The van der Waals surface area contributed by atoms with E-state index in [1.54, 1.807) is 31.2 Å². The summed E-state index contributed by atoms with van der Waals surface area (Å²) in [6.07, 6.45) is 2.13. The van der Waals surface area contributed by atoms with Crippen molar-refractivity contribution in [2.45, 2.75) is 6.92 Å². The average Bonchev–Trinajstić information content (AvgIpc) is 2.20. The Bertz CT molecular complexity index is 342. The van der Waals surface area contributed by atoms with E-state index in [4.69, 9.17) is 4.74 Å². The van der Waals surface area contributed by atoms with Crippen LogP contribution in [-0.4, -0.2) is 18.0 Å². The number of carbonyl (C=O) groups is 1. The molecule has 1 N–H and O–H groups in total. The number of allylic oxidation sites excluding steroid dienone is 1. The number of aromatic hydroxyl groups is 1. The molecule has 0 fully saturated rings. The van der Waals surface area contributed by atoms with Crippen LogP contribution in [0.25, 0.3) is 6.08 Å². The molecule has 0 spiro atoms. The number of benzene rings is 1. The minimum Gasteiger partial charge on any atom is -0.507 e. The van der Waals surface area contributed by atoms with Gasteiger partial charge >= 0.3 is 0 Å². The molecule has 0 aliphatic rings. The molecule has 0 saturated heterocycles. The number of aldehydes is 1. The van der Waals surface area contributed by atoms with E-state index in [1.807, 2.05) is 0 Å². The molecule has 0 aliphatic carbocycles. The Balaban J connectivity index is 2.94. The van der Waals surface area contributed by atoms with Crippen molar-refractivity contribution in [3.8, 4) is 5.75 Å². The molecule has 3 heteroatoms. The van der Waals surface area contributed by atoms with Gasteiger partial charge in [-0.1, -0.05) is 18.2 Å². The molecule has 0 saturated carbocycles. The van der Waals surface area contributed by atoms with Gasteiger partial charge in [-0.3, -0.25) is 4.79 Å². The van der Waals surface area contributed by atoms with E-state index in [2.05, 4.69) is 0 Å². The van der Waals surface area contributed by atoms with E-state index in [0.717, 1.165) is 0 Å². The SMILES string of the molecule is CCOC(C=O)=Cc1ccccc1O. The fraction of sp³-hybridized carbons (Fsp3) is 0.182. The van der Waals surface area contributed by atoms with Crippen LogP contribution in [-0.2, 0) is 9.53 Å². The largest absolute Gasteiger partial charge is 0.507 e. The zero-order valence-corrected chi connectivity index (χ0v) is 7.93. The number of para-hydroxylation sites is 1. The van der Waals surface area contributed by atoms with Crippen molar-refractivity contribution in [1.29, 1.82) is 0 Å². The molecule has 1 aromatic rings. The lowest BCUT2D eigenvalue weighted by atomic mass is 10.2. The van der Waals surface area contributed by atoms with E-state index >= 15 is 0 Å². The highest BCUT2D eigenvalue weighted by atomic mass is 16.5. The van der Waals surface area contributed by atoms with Gasteiger partial charge in [0.15, 0.2) is 12.0 Å². The summed E-state index contributed by atoms with van der Waals surface area (Å²) in [7, 11) is 0. The number of phenols is 1. The monoisotopic (exact) mass is 192 g/mol. The molecule has 14 heavy (non-hydrogen) atoms. The van der Waals surface area contributed by atoms with Crippen LogP contribution in [0.15, 0.2) is 30.0 Å². The molecule has 0 aliphatic heterocycles. The van der Waals surface area contributed by atoms with Crippen LogP contribution in [0.1, 0.15) is 12.5 Å². The summed E-state index contributed by atoms with van der Waals surface area (Å²) >= 11 is 0. The van der Waals surface area contributed by atoms with Gasteiger partial charge in [0.05, 0.1) is 6.61 Å². The quantitative estimate of drug-likeness (QED) is 0.450. The Hall–Kier alpha value is -1.77. The maximum absolute atomic E-state index is 10.5. The van der Waals surface area contributed by atoms with Gasteiger partial charge in [0, 0.05) is 5.56 Å². The van der Waals surface area contributed by atoms with Crippen molar-refractivity contribution in [3.63, 3.8) is 0 Å². The van der Waals surface area contributed by atoms with Crippen LogP contribution in [0.4, 0.5) is 0 Å². The van der Waals surface area contributed by atoms with Gasteiger partial charge in [0.25, 0.3) is 0 Å². The molecule has 3 nitrogen and oxygen atoms in total. The highest BCUT2D eigenvalue weighted by Crippen LogP contribution is 2.18. The first-order valence-corrected chi connectivity index (χ1v) is 4.35. The minimum atomic E-state index is 0.131. The summed E-state index contributed by atoms with van der Waals surface area (Å²) in [5.74, 6) is 0.348. The number of ether oxygens (including phenoxy) is 1. The number of carbonyl (C=O) groups excluding carboxylic acids is 1. The van der Waals surface area contributed by atoms with Gasteiger partial charge in [-0.05, 0) is 19.1 Å². The third-order valence-corrected chi connectivity index (χ3v) is 1.66. The Morgan fingerprint density at radius 1 is 1.50 bits per heavy atom. The molecule has 0 aromatic heterocycles. The lowest BCUT2D eigenvalue weighted by Gasteiger charge is -2.02. The number of hydrogen-bond donors (Lipinski definition) is 1. The van der Waals surface area contributed by atoms with Gasteiger partial charge in [-0.15, -0.1) is 0 Å². The Morgan fingerprint density at radius 3 is 2.79 bits per heavy atom. The van der Waals surface area contributed by atoms with E-state index < -0.39 is 0 Å². The van der Waals surface area contributed by atoms with Gasteiger partial charge in [0.2, 0.25) is 0 Å². The van der Waals surface area contributed by atoms with Crippen LogP contribution < -0.4 is 0 Å². The molecule has 0 amide bonds. The van der Waals surface area contributed by atoms with Crippen LogP contribution in [0.2, 0.25) is 0 Å². The first-order chi connectivity index (χ1) is 6.77. The van der Waals surface area contributed by atoms with Crippen LogP contribution in [0, 0.1) is 0 Å². The molecule has 74 valence electrons. The maximum Gasteiger partial charge on any atom is 0.184 e. The lowest BCUT2D eigenvalue weighted by Crippen LogP contribution is -1.92. The van der Waals surface area contributed by atoms with Crippen molar-refractivity contribution in [2.24, 2.45) is 0 Å². The summed E-state index contributed by atoms with van der Waals surface area (Å²) in [4.78, 5) is 10.5. The fourth-order valence-electron chi connectivity index (χ4n) is 1.04. The Morgan fingerprint density at radius 2 is 2.21 bits per heavy atom. The predicted octanol–water partition coefficient (Wildman–Crippen LogP) is 1.97. The third-order valence-electron chi connectivity index (χ3n) is 1.66. The second-order valence-electron chi connectivity index (χ2n) is 2.66. The highest BCUT2D eigenvalue weighted by Gasteiger charge is 1.99. The average molecular weight is 192 g/mol. The standard InChI is InChI=1S/C11H12O3/c1-2-14-10(8-12)7-9-5-3-4-6-11(9)13/h3-8,13H,2H2,1H3. The Kier molecular flexibility index (Phi) is 3.73. The minimum absolute atomic E-state index is 0.131. The smallest absolute Gasteiger partial charge is 0.184 e. The van der Waals surface area contributed by atoms with Gasteiger partial charge in [0.1, 0.15) is 5.75 Å². The molecule has 0 unspecified atom stereocenters. The summed E-state index contributed by atoms with van der Waals surface area (Å²) in [6, 6.07) is 6.76. The predicted molar refractivity (Wildman–Crippen MR) is 53.8 cm³/mol. The highest BCUT2D eigenvalue weighted by molar-refractivity contribution is 5.80. The maximum atomic E-state index is 10.5. The number of rotatable bonds is 4. The Labute approximate surface area is 82.6 Å². The molecule has 1 rings (SSSR count). The summed E-state index contributed by atoms with van der Waals surface area (Å²) < 4.78 is 5.03. The van der Waals surface area contributed by atoms with Gasteiger partial charge in [-0.2, -0.15) is 0 Å². The molecule has 1 aromatic carbocycles. The molecule has 0 atom stereocenters. The van der Waals surface area contributed by atoms with Crippen molar-refractivity contribution >= 4 is 12.4 Å². The molecule has 0 heterocycles. The number of hydrogen-bond acceptors (Lipinski definition) is 3. The summed E-state index contributed by atoms with van der Waals surface area (Å²) in [6.45, 7) is 2.22. The summed E-state index contributed by atoms with van der Waals surface area (Å²) in [5.41, 5.74) is 0.572. The van der Waals surface area contributed by atoms with Crippen LogP contribution >= 0.6 is 0 Å². The third kappa shape index (κ3) is 2.62. The van der Waals surface area contributed by atoms with E-state index in [1.165, 1.54) is 6.08 Å². The number of phenolic OH excluding ortho intramolecular Hbond substituents is 1. The van der Waals surface area contributed by atoms with Gasteiger partial charge in [-0.25, -0.2) is 0 Å². The first-order valence-electron chi connectivity index (χ1n) is 4.35. The van der Waals surface area contributed by atoms with E-state index in [0.29, 0.717) is 18.5 Å². The van der Waals surface area contributed by atoms with Gasteiger partial charge < -0.3 is 9.84 Å². The molecule has 0 bridgehead atoms. The zero-order chi connectivity index (χ0) is 10.4.